The van der Waals surface area contributed by atoms with E-state index in [1.165, 1.54) is 6.07 Å². The first-order valence-electron chi connectivity index (χ1n) is 15.4. The lowest BCUT2D eigenvalue weighted by Crippen LogP contribution is -2.51. The summed E-state index contributed by atoms with van der Waals surface area (Å²) in [6.07, 6.45) is 14.1. The van der Waals surface area contributed by atoms with E-state index in [4.69, 9.17) is 21.3 Å². The molecule has 2 aromatic carbocycles. The van der Waals surface area contributed by atoms with Crippen LogP contribution < -0.4 is 15.0 Å². The Bertz CT molecular complexity index is 1750. The summed E-state index contributed by atoms with van der Waals surface area (Å²) in [5.74, 6) is 1.97. The van der Waals surface area contributed by atoms with Crippen molar-refractivity contribution in [2.24, 2.45) is 0 Å². The number of hydrogen-bond acceptors (Lipinski definition) is 8. The molecular formula is C34H36F2N6O2. The maximum absolute atomic E-state index is 16.7. The summed E-state index contributed by atoms with van der Waals surface area (Å²) in [7, 11) is 1.00. The maximum Gasteiger partial charge on any atom is 0.319 e. The molecule has 44 heavy (non-hydrogen) atoms. The van der Waals surface area contributed by atoms with Crippen molar-refractivity contribution in [3.63, 3.8) is 0 Å². The second-order valence-electron chi connectivity index (χ2n) is 12.2. The zero-order chi connectivity index (χ0) is 30.4. The minimum Gasteiger partial charge on any atom is -0.461 e. The number of nitrogens with zero attached hydrogens (tertiary/aromatic N) is 5. The van der Waals surface area contributed by atoms with Gasteiger partial charge in [0, 0.05) is 49.4 Å². The van der Waals surface area contributed by atoms with Crippen molar-refractivity contribution < 1.29 is 18.6 Å². The monoisotopic (exact) mass is 598 g/mol. The average Bonchev–Trinajstić information content (AvgIpc) is 3.74. The Labute approximate surface area is 255 Å². The molecule has 8 nitrogen and oxygen atoms in total. The molecule has 4 aliphatic rings. The zero-order valence-corrected chi connectivity index (χ0v) is 24.8. The van der Waals surface area contributed by atoms with E-state index in [2.05, 4.69) is 31.0 Å². The summed E-state index contributed by atoms with van der Waals surface area (Å²) in [6.45, 7) is 4.21. The standard InChI is InChI=1S/C33H32F2N6O.CH4O/c1-2-23-26(34)11-8-20-6-3-7-24(27(20)23)29-28(35)30-25(16-36-29)31(40-17-21-9-10-22(18-40)37-21)39-32(38-30)42-19-33-12-4-14-41(33)15-5-13-33;1-2/h1,3,6-8,11,16,21-22,37H,4-5,9-10,12-15,17-19H2;2H,1H3. The number of aliphatic hydroxyl groups is 1. The summed E-state index contributed by atoms with van der Waals surface area (Å²) in [5, 5.41) is 12.4. The highest BCUT2D eigenvalue weighted by Gasteiger charge is 2.45. The van der Waals surface area contributed by atoms with Crippen LogP contribution in [0.4, 0.5) is 14.6 Å². The van der Waals surface area contributed by atoms with Crippen LogP contribution in [-0.4, -0.2) is 82.5 Å². The van der Waals surface area contributed by atoms with Crippen LogP contribution in [0.1, 0.15) is 44.1 Å². The van der Waals surface area contributed by atoms with Gasteiger partial charge in [-0.3, -0.25) is 9.88 Å². The number of terminal acetylenes is 1. The lowest BCUT2D eigenvalue weighted by molar-refractivity contribution is 0.108. The second-order valence-corrected chi connectivity index (χ2v) is 12.2. The molecule has 4 saturated heterocycles. The molecule has 2 unspecified atom stereocenters. The highest BCUT2D eigenvalue weighted by molar-refractivity contribution is 6.02. The molecule has 6 heterocycles. The maximum atomic E-state index is 16.7. The van der Waals surface area contributed by atoms with Gasteiger partial charge in [-0.15, -0.1) is 6.42 Å². The third kappa shape index (κ3) is 4.74. The Kier molecular flexibility index (Phi) is 7.57. The minimum absolute atomic E-state index is 0.00718. The van der Waals surface area contributed by atoms with E-state index in [0.29, 0.717) is 46.2 Å². The summed E-state index contributed by atoms with van der Waals surface area (Å²) in [6, 6.07) is 9.25. The summed E-state index contributed by atoms with van der Waals surface area (Å²) >= 11 is 0. The van der Waals surface area contributed by atoms with Gasteiger partial charge in [-0.05, 0) is 63.1 Å². The van der Waals surface area contributed by atoms with Crippen molar-refractivity contribution in [2.75, 3.05) is 44.8 Å². The first-order chi connectivity index (χ1) is 21.5. The molecule has 4 fully saturated rings. The molecule has 2 N–H and O–H groups in total. The van der Waals surface area contributed by atoms with Gasteiger partial charge in [0.2, 0.25) is 0 Å². The van der Waals surface area contributed by atoms with Crippen molar-refractivity contribution in [3.8, 4) is 29.6 Å². The molecule has 4 aliphatic heterocycles. The van der Waals surface area contributed by atoms with E-state index in [1.54, 1.807) is 24.4 Å². The highest BCUT2D eigenvalue weighted by atomic mass is 19.1. The lowest BCUT2D eigenvalue weighted by atomic mass is 9.95. The van der Waals surface area contributed by atoms with E-state index in [9.17, 15) is 4.39 Å². The number of piperazine rings is 1. The normalized spacial score (nSPS) is 22.1. The fourth-order valence-electron chi connectivity index (χ4n) is 7.84. The van der Waals surface area contributed by atoms with Crippen molar-refractivity contribution in [2.45, 2.75) is 56.1 Å². The van der Waals surface area contributed by atoms with Gasteiger partial charge < -0.3 is 20.1 Å². The Morgan fingerprint density at radius 3 is 2.55 bits per heavy atom. The van der Waals surface area contributed by atoms with Gasteiger partial charge in [-0.2, -0.15) is 9.97 Å². The molecular weight excluding hydrogens is 562 g/mol. The number of hydrogen-bond donors (Lipinski definition) is 2. The van der Waals surface area contributed by atoms with Crippen LogP contribution >= 0.6 is 0 Å². The highest BCUT2D eigenvalue weighted by Crippen LogP contribution is 2.40. The molecule has 2 atom stereocenters. The topological polar surface area (TPSA) is 86.6 Å². The number of halogens is 2. The number of benzene rings is 2. The molecule has 2 aromatic heterocycles. The van der Waals surface area contributed by atoms with E-state index in [1.807, 2.05) is 6.07 Å². The van der Waals surface area contributed by atoms with Crippen LogP contribution in [0.3, 0.4) is 0 Å². The smallest absolute Gasteiger partial charge is 0.319 e. The van der Waals surface area contributed by atoms with Crippen molar-refractivity contribution in [3.05, 3.63) is 53.7 Å². The quantitative estimate of drug-likeness (QED) is 0.321. The number of aromatic nitrogens is 3. The molecule has 0 saturated carbocycles. The number of fused-ring (bicyclic) bond motifs is 5. The van der Waals surface area contributed by atoms with Gasteiger partial charge in [0.1, 0.15) is 29.5 Å². The first kappa shape index (κ1) is 28.8. The molecule has 0 aliphatic carbocycles. The minimum atomic E-state index is -0.597. The third-order valence-electron chi connectivity index (χ3n) is 9.83. The molecule has 0 radical (unpaired) electrons. The number of pyridine rings is 1. The molecule has 0 spiro atoms. The zero-order valence-electron chi connectivity index (χ0n) is 24.8. The molecule has 0 amide bonds. The van der Waals surface area contributed by atoms with Gasteiger partial charge in [-0.1, -0.05) is 30.2 Å². The van der Waals surface area contributed by atoms with Crippen LogP contribution in [0.5, 0.6) is 6.01 Å². The van der Waals surface area contributed by atoms with E-state index < -0.39 is 11.6 Å². The van der Waals surface area contributed by atoms with E-state index in [-0.39, 0.29) is 28.3 Å². The van der Waals surface area contributed by atoms with Gasteiger partial charge in [0.25, 0.3) is 0 Å². The Morgan fingerprint density at radius 1 is 1.07 bits per heavy atom. The number of aliphatic hydroxyl groups excluding tert-OH is 1. The average molecular weight is 599 g/mol. The second kappa shape index (κ2) is 11.5. The number of rotatable bonds is 5. The fourth-order valence-corrected chi connectivity index (χ4v) is 7.84. The Balaban J connectivity index is 0.00000153. The molecule has 228 valence electrons. The molecule has 2 bridgehead atoms. The van der Waals surface area contributed by atoms with Crippen LogP contribution in [0, 0.1) is 24.0 Å². The number of nitrogens with one attached hydrogen (secondary N) is 1. The Morgan fingerprint density at radius 2 is 1.82 bits per heavy atom. The van der Waals surface area contributed by atoms with Gasteiger partial charge in [-0.25, -0.2) is 8.78 Å². The van der Waals surface area contributed by atoms with E-state index >= 15 is 4.39 Å². The predicted octanol–water partition coefficient (Wildman–Crippen LogP) is 4.66. The predicted molar refractivity (Wildman–Crippen MR) is 167 cm³/mol. The summed E-state index contributed by atoms with van der Waals surface area (Å²) in [5.41, 5.74) is 0.739. The fraction of sp³-hybridized carbons (Fsp3) is 0.441. The summed E-state index contributed by atoms with van der Waals surface area (Å²) in [4.78, 5) is 18.9. The SMILES string of the molecule is C#Cc1c(F)ccc2cccc(-c3ncc4c(N5CC6CCC(C5)N6)nc(OCC56CCCN5CCC6)nc4c3F)c12.CO. The van der Waals surface area contributed by atoms with Gasteiger partial charge >= 0.3 is 6.01 Å². The van der Waals surface area contributed by atoms with Crippen LogP contribution in [0.25, 0.3) is 32.9 Å². The molecule has 8 rings (SSSR count). The Hall–Kier alpha value is -3.91. The molecule has 4 aromatic rings. The van der Waals surface area contributed by atoms with Gasteiger partial charge in [0.05, 0.1) is 16.5 Å². The summed E-state index contributed by atoms with van der Waals surface area (Å²) < 4.78 is 37.8. The number of anilines is 1. The van der Waals surface area contributed by atoms with Crippen molar-refractivity contribution in [1.82, 2.24) is 25.2 Å². The van der Waals surface area contributed by atoms with Crippen LogP contribution in [0.2, 0.25) is 0 Å². The van der Waals surface area contributed by atoms with Gasteiger partial charge in [0.15, 0.2) is 5.82 Å². The van der Waals surface area contributed by atoms with Crippen LogP contribution in [-0.2, 0) is 0 Å². The van der Waals surface area contributed by atoms with Crippen molar-refractivity contribution in [1.29, 1.82) is 0 Å². The van der Waals surface area contributed by atoms with Crippen LogP contribution in [0.15, 0.2) is 36.5 Å². The first-order valence-corrected chi connectivity index (χ1v) is 15.4. The van der Waals surface area contributed by atoms with E-state index in [0.717, 1.165) is 71.8 Å². The molecule has 10 heteroatoms. The number of ether oxygens (including phenoxy) is 1. The third-order valence-corrected chi connectivity index (χ3v) is 9.83. The largest absolute Gasteiger partial charge is 0.461 e. The van der Waals surface area contributed by atoms with Crippen molar-refractivity contribution >= 4 is 27.5 Å². The lowest BCUT2D eigenvalue weighted by Gasteiger charge is -2.34.